The zero-order valence-electron chi connectivity index (χ0n) is 18.9. The Morgan fingerprint density at radius 1 is 1.23 bits per heavy atom. The minimum Gasteiger partial charge on any atom is -0.380 e. The van der Waals surface area contributed by atoms with Gasteiger partial charge in [-0.1, -0.05) is 30.8 Å². The summed E-state index contributed by atoms with van der Waals surface area (Å²) in [5, 5.41) is 7.46. The van der Waals surface area contributed by atoms with E-state index in [1.165, 1.54) is 47.2 Å². The van der Waals surface area contributed by atoms with Crippen LogP contribution < -0.4 is 10.6 Å². The standard InChI is InChI=1S/C26H35N5/c1-18-15-30(2)17-24(29-18)22-10-4-8-20-14-28-21(13-23(20)22)16-31(3)25-11-5-7-19-9-6-12-27-26(19)25/h4,6,8-10,12,21,24-25,28-29H,1,5,7,11,13-17H2,2-3H3/t21-,24?,25-/m0/s1. The molecule has 1 saturated heterocycles. The van der Waals surface area contributed by atoms with E-state index in [1.807, 2.05) is 6.20 Å². The van der Waals surface area contributed by atoms with Crippen molar-refractivity contribution >= 4 is 0 Å². The van der Waals surface area contributed by atoms with Crippen LogP contribution in [0.15, 0.2) is 48.8 Å². The van der Waals surface area contributed by atoms with Crippen LogP contribution in [-0.2, 0) is 19.4 Å². The van der Waals surface area contributed by atoms with Crippen LogP contribution in [0.4, 0.5) is 0 Å². The fourth-order valence-electron chi connectivity index (χ4n) is 5.80. The third-order valence-electron chi connectivity index (χ3n) is 7.26. The highest BCUT2D eigenvalue weighted by molar-refractivity contribution is 5.40. The van der Waals surface area contributed by atoms with Crippen LogP contribution in [0, 0.1) is 0 Å². The Morgan fingerprint density at radius 3 is 2.97 bits per heavy atom. The zero-order valence-corrected chi connectivity index (χ0v) is 18.9. The topological polar surface area (TPSA) is 43.4 Å². The van der Waals surface area contributed by atoms with Gasteiger partial charge in [0.1, 0.15) is 0 Å². The summed E-state index contributed by atoms with van der Waals surface area (Å²) in [7, 11) is 4.46. The first-order valence-electron chi connectivity index (χ1n) is 11.7. The fourth-order valence-corrected chi connectivity index (χ4v) is 5.80. The smallest absolute Gasteiger partial charge is 0.0641 e. The van der Waals surface area contributed by atoms with E-state index in [-0.39, 0.29) is 0 Å². The molecule has 2 aromatic rings. The molecule has 3 atom stereocenters. The summed E-state index contributed by atoms with van der Waals surface area (Å²) in [5.74, 6) is 0. The van der Waals surface area contributed by atoms with E-state index >= 15 is 0 Å². The van der Waals surface area contributed by atoms with Crippen LogP contribution in [0.5, 0.6) is 0 Å². The van der Waals surface area contributed by atoms with Crippen molar-refractivity contribution in [2.24, 2.45) is 0 Å². The molecule has 164 valence electrons. The van der Waals surface area contributed by atoms with Crippen LogP contribution in [0.25, 0.3) is 0 Å². The van der Waals surface area contributed by atoms with Gasteiger partial charge < -0.3 is 10.6 Å². The number of benzene rings is 1. The summed E-state index contributed by atoms with van der Waals surface area (Å²) in [6.45, 7) is 8.14. The lowest BCUT2D eigenvalue weighted by atomic mass is 9.87. The van der Waals surface area contributed by atoms with E-state index in [9.17, 15) is 0 Å². The molecule has 0 bridgehead atoms. The molecule has 0 amide bonds. The molecule has 1 aromatic carbocycles. The highest BCUT2D eigenvalue weighted by atomic mass is 15.2. The average Bonchev–Trinajstić information content (AvgIpc) is 2.77. The van der Waals surface area contributed by atoms with E-state index < -0.39 is 0 Å². The summed E-state index contributed by atoms with van der Waals surface area (Å²) in [5.41, 5.74) is 8.27. The molecule has 3 heterocycles. The normalized spacial score (nSPS) is 26.3. The van der Waals surface area contributed by atoms with Gasteiger partial charge in [0.15, 0.2) is 0 Å². The van der Waals surface area contributed by atoms with Crippen molar-refractivity contribution in [2.75, 3.05) is 33.7 Å². The molecule has 2 aliphatic heterocycles. The number of nitrogens with one attached hydrogen (secondary N) is 2. The quantitative estimate of drug-likeness (QED) is 0.800. The van der Waals surface area contributed by atoms with E-state index in [2.05, 4.69) is 71.4 Å². The second kappa shape index (κ2) is 8.73. The first-order chi connectivity index (χ1) is 15.1. The van der Waals surface area contributed by atoms with Gasteiger partial charge in [-0.15, -0.1) is 0 Å². The molecule has 5 heteroatoms. The van der Waals surface area contributed by atoms with Gasteiger partial charge in [-0.05, 0) is 68.1 Å². The van der Waals surface area contributed by atoms with E-state index in [0.717, 1.165) is 38.3 Å². The van der Waals surface area contributed by atoms with Crippen molar-refractivity contribution in [3.63, 3.8) is 0 Å². The first kappa shape index (κ1) is 20.7. The van der Waals surface area contributed by atoms with Crippen LogP contribution in [0.1, 0.15) is 52.9 Å². The molecule has 0 radical (unpaired) electrons. The van der Waals surface area contributed by atoms with Crippen molar-refractivity contribution in [3.05, 3.63) is 76.8 Å². The Morgan fingerprint density at radius 2 is 2.10 bits per heavy atom. The van der Waals surface area contributed by atoms with Crippen molar-refractivity contribution in [2.45, 2.75) is 50.4 Å². The monoisotopic (exact) mass is 417 g/mol. The maximum atomic E-state index is 4.76. The second-order valence-electron chi connectivity index (χ2n) is 9.66. The predicted molar refractivity (Wildman–Crippen MR) is 126 cm³/mol. The number of pyridine rings is 1. The third-order valence-corrected chi connectivity index (χ3v) is 7.26. The van der Waals surface area contributed by atoms with Gasteiger partial charge in [0.25, 0.3) is 0 Å². The molecule has 0 saturated carbocycles. The van der Waals surface area contributed by atoms with Gasteiger partial charge in [0.05, 0.1) is 17.8 Å². The number of piperazine rings is 1. The Kier molecular flexibility index (Phi) is 5.83. The van der Waals surface area contributed by atoms with Crippen molar-refractivity contribution < 1.29 is 0 Å². The summed E-state index contributed by atoms with van der Waals surface area (Å²) in [6.07, 6.45) is 6.65. The van der Waals surface area contributed by atoms with Crippen molar-refractivity contribution in [1.29, 1.82) is 0 Å². The molecular weight excluding hydrogens is 382 g/mol. The summed E-state index contributed by atoms with van der Waals surface area (Å²) >= 11 is 0. The maximum Gasteiger partial charge on any atom is 0.0641 e. The predicted octanol–water partition coefficient (Wildman–Crippen LogP) is 3.20. The van der Waals surface area contributed by atoms with Crippen molar-refractivity contribution in [3.8, 4) is 0 Å². The number of aryl methyl sites for hydroxylation is 1. The maximum absolute atomic E-state index is 4.76. The molecule has 1 fully saturated rings. The number of rotatable bonds is 4. The molecule has 0 spiro atoms. The molecule has 5 nitrogen and oxygen atoms in total. The van der Waals surface area contributed by atoms with Gasteiger partial charge in [-0.3, -0.25) is 14.8 Å². The SMILES string of the molecule is C=C1CN(C)CC(c2cccc3c2C[C@@H](CN(C)[C@H]2CCCc4cccnc42)NC3)N1. The number of likely N-dealkylation sites (N-methyl/N-ethyl adjacent to an activating group) is 2. The first-order valence-corrected chi connectivity index (χ1v) is 11.7. The lowest BCUT2D eigenvalue weighted by Crippen LogP contribution is -2.46. The lowest BCUT2D eigenvalue weighted by molar-refractivity contribution is 0.190. The van der Waals surface area contributed by atoms with E-state index in [0.29, 0.717) is 18.1 Å². The molecule has 2 N–H and O–H groups in total. The van der Waals surface area contributed by atoms with Crippen LogP contribution in [0.3, 0.4) is 0 Å². The number of hydrogen-bond donors (Lipinski definition) is 2. The molecule has 3 aliphatic rings. The molecular formula is C26H35N5. The second-order valence-corrected chi connectivity index (χ2v) is 9.66. The van der Waals surface area contributed by atoms with E-state index in [4.69, 9.17) is 4.98 Å². The third kappa shape index (κ3) is 4.27. The minimum atomic E-state index is 0.326. The number of hydrogen-bond acceptors (Lipinski definition) is 5. The van der Waals surface area contributed by atoms with Crippen LogP contribution in [0.2, 0.25) is 0 Å². The Bertz CT molecular complexity index is 955. The highest BCUT2D eigenvalue weighted by Gasteiger charge is 2.30. The fraction of sp³-hybridized carbons (Fsp3) is 0.500. The van der Waals surface area contributed by atoms with Gasteiger partial charge in [-0.25, -0.2) is 0 Å². The molecule has 1 aromatic heterocycles. The Labute approximate surface area is 186 Å². The molecule has 31 heavy (non-hydrogen) atoms. The molecule has 5 rings (SSSR count). The average molecular weight is 418 g/mol. The van der Waals surface area contributed by atoms with E-state index in [1.54, 1.807) is 0 Å². The van der Waals surface area contributed by atoms with Crippen LogP contribution >= 0.6 is 0 Å². The summed E-state index contributed by atoms with van der Waals surface area (Å²) in [6, 6.07) is 12.4. The number of nitrogens with zero attached hydrogens (tertiary/aromatic N) is 3. The largest absolute Gasteiger partial charge is 0.380 e. The molecule has 1 unspecified atom stereocenters. The summed E-state index contributed by atoms with van der Waals surface area (Å²) in [4.78, 5) is 9.65. The zero-order chi connectivity index (χ0) is 21.4. The highest BCUT2D eigenvalue weighted by Crippen LogP contribution is 2.33. The van der Waals surface area contributed by atoms with Gasteiger partial charge in [0.2, 0.25) is 0 Å². The Balaban J connectivity index is 1.33. The van der Waals surface area contributed by atoms with Gasteiger partial charge in [0, 0.05) is 44.1 Å². The number of aromatic nitrogens is 1. The van der Waals surface area contributed by atoms with Gasteiger partial charge in [-0.2, -0.15) is 0 Å². The Hall–Kier alpha value is -2.21. The lowest BCUT2D eigenvalue weighted by Gasteiger charge is -2.38. The number of fused-ring (bicyclic) bond motifs is 2. The van der Waals surface area contributed by atoms with Crippen LogP contribution in [-0.4, -0.2) is 54.6 Å². The summed E-state index contributed by atoms with van der Waals surface area (Å²) < 4.78 is 0. The molecule has 1 aliphatic carbocycles. The van der Waals surface area contributed by atoms with Gasteiger partial charge >= 0.3 is 0 Å². The van der Waals surface area contributed by atoms with Crippen molar-refractivity contribution in [1.82, 2.24) is 25.4 Å². The minimum absolute atomic E-state index is 0.326.